The zero-order valence-electron chi connectivity index (χ0n) is 10.5. The van der Waals surface area contributed by atoms with Crippen LogP contribution in [0.2, 0.25) is 0 Å². The third kappa shape index (κ3) is 5.10. The molecule has 0 saturated carbocycles. The zero-order chi connectivity index (χ0) is 12.7. The molecule has 0 aliphatic carbocycles. The Morgan fingerprint density at radius 3 is 2.71 bits per heavy atom. The minimum atomic E-state index is -0.145. The van der Waals surface area contributed by atoms with Gasteiger partial charge in [0.05, 0.1) is 0 Å². The van der Waals surface area contributed by atoms with Gasteiger partial charge in [-0.2, -0.15) is 0 Å². The molecule has 0 fully saturated rings. The lowest BCUT2D eigenvalue weighted by Gasteiger charge is -2.08. The molecule has 1 rings (SSSR count). The molecule has 0 aliphatic rings. The minimum absolute atomic E-state index is 0.145. The summed E-state index contributed by atoms with van der Waals surface area (Å²) in [5, 5.41) is 14.4. The van der Waals surface area contributed by atoms with Gasteiger partial charge in [0, 0.05) is 13.6 Å². The maximum atomic E-state index is 11.6. The first-order valence-electron chi connectivity index (χ1n) is 5.57. The van der Waals surface area contributed by atoms with Gasteiger partial charge in [-0.15, -0.1) is 10.2 Å². The van der Waals surface area contributed by atoms with Gasteiger partial charge < -0.3 is 15.5 Å². The lowest BCUT2D eigenvalue weighted by atomic mass is 10.3. The van der Waals surface area contributed by atoms with Crippen LogP contribution in [0.15, 0.2) is 0 Å². The van der Waals surface area contributed by atoms with Crippen molar-refractivity contribution in [2.75, 3.05) is 39.5 Å². The normalized spacial score (nSPS) is 10.6. The summed E-state index contributed by atoms with van der Waals surface area (Å²) in [7, 11) is 5.83. The summed E-state index contributed by atoms with van der Waals surface area (Å²) in [5.41, 5.74) is 0. The number of amides is 1. The molecule has 0 unspecified atom stereocenters. The smallest absolute Gasteiger partial charge is 0.282 e. The van der Waals surface area contributed by atoms with Crippen LogP contribution >= 0.6 is 11.3 Å². The van der Waals surface area contributed by atoms with E-state index in [-0.39, 0.29) is 5.91 Å². The van der Waals surface area contributed by atoms with E-state index in [1.807, 2.05) is 14.1 Å². The number of carbonyl (C=O) groups excluding carboxylic acids is 1. The highest BCUT2D eigenvalue weighted by atomic mass is 32.1. The average Bonchev–Trinajstić information content (AvgIpc) is 2.76. The van der Waals surface area contributed by atoms with E-state index in [1.165, 1.54) is 11.3 Å². The van der Waals surface area contributed by atoms with E-state index in [0.717, 1.165) is 19.4 Å². The van der Waals surface area contributed by atoms with Gasteiger partial charge in [0.15, 0.2) is 0 Å². The van der Waals surface area contributed by atoms with E-state index in [4.69, 9.17) is 0 Å². The monoisotopic (exact) mass is 257 g/mol. The minimum Gasteiger partial charge on any atom is -0.363 e. The predicted octanol–water partition coefficient (Wildman–Crippen LogP) is 0.651. The van der Waals surface area contributed by atoms with Crippen LogP contribution in [0.3, 0.4) is 0 Å². The molecule has 7 heteroatoms. The Kier molecular flexibility index (Phi) is 5.85. The number of hydrogen-bond acceptors (Lipinski definition) is 6. The zero-order valence-corrected chi connectivity index (χ0v) is 11.3. The van der Waals surface area contributed by atoms with Crippen LogP contribution in [0.1, 0.15) is 22.6 Å². The third-order valence-electron chi connectivity index (χ3n) is 2.15. The molecule has 2 N–H and O–H groups in total. The molecule has 1 heterocycles. The molecule has 0 saturated heterocycles. The fourth-order valence-electron chi connectivity index (χ4n) is 1.25. The second kappa shape index (κ2) is 7.18. The molecule has 6 nitrogen and oxygen atoms in total. The van der Waals surface area contributed by atoms with Crippen molar-refractivity contribution in [3.63, 3.8) is 0 Å². The van der Waals surface area contributed by atoms with E-state index in [2.05, 4.69) is 25.7 Å². The van der Waals surface area contributed by atoms with Crippen LogP contribution in [0.4, 0.5) is 5.13 Å². The summed E-state index contributed by atoms with van der Waals surface area (Å²) in [4.78, 5) is 13.8. The fourth-order valence-corrected chi connectivity index (χ4v) is 1.86. The number of nitrogens with one attached hydrogen (secondary N) is 2. The number of hydrogen-bond donors (Lipinski definition) is 2. The predicted molar refractivity (Wildman–Crippen MR) is 69.6 cm³/mol. The molecule has 1 amide bonds. The summed E-state index contributed by atoms with van der Waals surface area (Å²) < 4.78 is 0. The van der Waals surface area contributed by atoms with Crippen molar-refractivity contribution in [2.24, 2.45) is 0 Å². The van der Waals surface area contributed by atoms with Gasteiger partial charge in [-0.1, -0.05) is 11.3 Å². The lowest BCUT2D eigenvalue weighted by molar-refractivity contribution is 0.0951. The van der Waals surface area contributed by atoms with Gasteiger partial charge in [0.25, 0.3) is 5.91 Å². The van der Waals surface area contributed by atoms with Crippen molar-refractivity contribution in [1.82, 2.24) is 20.4 Å². The second-order valence-electron chi connectivity index (χ2n) is 3.93. The summed E-state index contributed by atoms with van der Waals surface area (Å²) in [5.74, 6) is -0.145. The number of aromatic nitrogens is 2. The Bertz CT molecular complexity index is 352. The first-order chi connectivity index (χ1) is 8.13. The number of rotatable bonds is 7. The van der Waals surface area contributed by atoms with Crippen molar-refractivity contribution in [3.8, 4) is 0 Å². The van der Waals surface area contributed by atoms with Crippen LogP contribution in [0.25, 0.3) is 0 Å². The summed E-state index contributed by atoms with van der Waals surface area (Å²) >= 11 is 1.26. The van der Waals surface area contributed by atoms with Crippen molar-refractivity contribution in [1.29, 1.82) is 0 Å². The van der Waals surface area contributed by atoms with Crippen LogP contribution in [-0.2, 0) is 0 Å². The fraction of sp³-hybridized carbons (Fsp3) is 0.700. The molecule has 0 bridgehead atoms. The molecule has 0 aromatic carbocycles. The van der Waals surface area contributed by atoms with Crippen molar-refractivity contribution in [2.45, 2.75) is 12.8 Å². The van der Waals surface area contributed by atoms with E-state index >= 15 is 0 Å². The van der Waals surface area contributed by atoms with Gasteiger partial charge in [-0.3, -0.25) is 4.79 Å². The first-order valence-corrected chi connectivity index (χ1v) is 6.39. The Balaban J connectivity index is 2.21. The Hall–Kier alpha value is -1.21. The lowest BCUT2D eigenvalue weighted by Crippen LogP contribution is -2.25. The van der Waals surface area contributed by atoms with Crippen LogP contribution in [-0.4, -0.2) is 55.2 Å². The van der Waals surface area contributed by atoms with Crippen LogP contribution in [0, 0.1) is 0 Å². The molecule has 1 aromatic rings. The summed E-state index contributed by atoms with van der Waals surface area (Å²) in [6.07, 6.45) is 2.05. The van der Waals surface area contributed by atoms with Crippen molar-refractivity contribution >= 4 is 22.4 Å². The molecule has 0 radical (unpaired) electrons. The largest absolute Gasteiger partial charge is 0.363 e. The third-order valence-corrected chi connectivity index (χ3v) is 3.09. The average molecular weight is 257 g/mol. The molecule has 1 aromatic heterocycles. The first kappa shape index (κ1) is 13.9. The van der Waals surface area contributed by atoms with Gasteiger partial charge in [-0.05, 0) is 33.5 Å². The van der Waals surface area contributed by atoms with E-state index < -0.39 is 0 Å². The van der Waals surface area contributed by atoms with E-state index in [1.54, 1.807) is 7.05 Å². The van der Waals surface area contributed by atoms with Crippen LogP contribution in [0.5, 0.6) is 0 Å². The van der Waals surface area contributed by atoms with Gasteiger partial charge in [-0.25, -0.2) is 0 Å². The van der Waals surface area contributed by atoms with E-state index in [9.17, 15) is 4.79 Å². The Morgan fingerprint density at radius 2 is 2.12 bits per heavy atom. The number of anilines is 1. The van der Waals surface area contributed by atoms with Gasteiger partial charge >= 0.3 is 0 Å². The molecule has 17 heavy (non-hydrogen) atoms. The number of carbonyl (C=O) groups is 1. The molecule has 96 valence electrons. The van der Waals surface area contributed by atoms with Crippen molar-refractivity contribution < 1.29 is 4.79 Å². The maximum Gasteiger partial charge on any atom is 0.282 e. The molecular weight excluding hydrogens is 238 g/mol. The number of unbranched alkanes of at least 4 members (excludes halogenated alkanes) is 1. The highest BCUT2D eigenvalue weighted by molar-refractivity contribution is 7.17. The highest BCUT2D eigenvalue weighted by Crippen LogP contribution is 2.13. The molecular formula is C10H19N5OS. The van der Waals surface area contributed by atoms with Gasteiger partial charge in [0.1, 0.15) is 0 Å². The summed E-state index contributed by atoms with van der Waals surface area (Å²) in [6, 6.07) is 0. The van der Waals surface area contributed by atoms with Crippen LogP contribution < -0.4 is 10.6 Å². The molecule has 0 atom stereocenters. The Labute approximate surface area is 105 Å². The standard InChI is InChI=1S/C10H19N5OS/c1-11-10-14-13-9(17-10)8(16)12-6-4-5-7-15(2)3/h4-7H2,1-3H3,(H,11,14)(H,12,16). The molecule has 0 aliphatic heterocycles. The number of nitrogens with zero attached hydrogens (tertiary/aromatic N) is 3. The topological polar surface area (TPSA) is 70.1 Å². The Morgan fingerprint density at radius 1 is 1.35 bits per heavy atom. The maximum absolute atomic E-state index is 11.6. The second-order valence-corrected chi connectivity index (χ2v) is 4.91. The molecule has 0 spiro atoms. The summed E-state index contributed by atoms with van der Waals surface area (Å²) in [6.45, 7) is 1.72. The van der Waals surface area contributed by atoms with E-state index in [0.29, 0.717) is 16.7 Å². The highest BCUT2D eigenvalue weighted by Gasteiger charge is 2.10. The van der Waals surface area contributed by atoms with Gasteiger partial charge in [0.2, 0.25) is 10.1 Å². The van der Waals surface area contributed by atoms with Crippen molar-refractivity contribution in [3.05, 3.63) is 5.01 Å². The SMILES string of the molecule is CNc1nnc(C(=O)NCCCCN(C)C)s1. The quantitative estimate of drug-likeness (QED) is 0.702.